The quantitative estimate of drug-likeness (QED) is 0.897. The molecule has 1 aromatic carbocycles. The number of carbonyl (C=O) groups is 1. The third kappa shape index (κ3) is 3.90. The zero-order valence-corrected chi connectivity index (χ0v) is 14.8. The average molecular weight is 331 g/mol. The van der Waals surface area contributed by atoms with Crippen LogP contribution in [0.25, 0.3) is 0 Å². The van der Waals surface area contributed by atoms with E-state index in [2.05, 4.69) is 34.2 Å². The van der Waals surface area contributed by atoms with Gasteiger partial charge in [0, 0.05) is 32.2 Å². The van der Waals surface area contributed by atoms with Crippen LogP contribution in [0.4, 0.5) is 0 Å². The topological polar surface area (TPSA) is 44.8 Å². The van der Waals surface area contributed by atoms with Gasteiger partial charge in [0.2, 0.25) is 5.91 Å². The number of piperazine rings is 1. The smallest absolute Gasteiger partial charge is 0.237 e. The fraction of sp³-hybridized carbons (Fsp3) is 0.632. The molecule has 5 heteroatoms. The Bertz CT molecular complexity index is 546. The number of rotatable bonds is 5. The molecule has 0 spiro atoms. The molecule has 24 heavy (non-hydrogen) atoms. The summed E-state index contributed by atoms with van der Waals surface area (Å²) < 4.78 is 5.52. The normalized spacial score (nSPS) is 25.0. The molecule has 1 unspecified atom stereocenters. The first-order valence-corrected chi connectivity index (χ1v) is 9.16. The second kappa shape index (κ2) is 7.99. The lowest BCUT2D eigenvalue weighted by Crippen LogP contribution is -2.53. The summed E-state index contributed by atoms with van der Waals surface area (Å²) in [7, 11) is 0. The Morgan fingerprint density at radius 2 is 2.08 bits per heavy atom. The van der Waals surface area contributed by atoms with E-state index in [9.17, 15) is 4.79 Å². The molecule has 132 valence electrons. The maximum atomic E-state index is 12.9. The van der Waals surface area contributed by atoms with Gasteiger partial charge in [0.25, 0.3) is 0 Å². The second-order valence-corrected chi connectivity index (χ2v) is 6.77. The number of hydrogen-bond donors (Lipinski definition) is 1. The Morgan fingerprint density at radius 1 is 1.29 bits per heavy atom. The lowest BCUT2D eigenvalue weighted by molar-refractivity contribution is -0.134. The molecule has 2 aliphatic rings. The standard InChI is InChI=1S/C19H29N3O2/c1-3-24-17-8-6-16(7-9-17)18-5-4-11-22(18)19(23)14-21-12-10-20-13-15(21)2/h6-9,15,18,20H,3-5,10-14H2,1-2H3/t15-,18?/m0/s1. The molecule has 2 heterocycles. The molecule has 0 radical (unpaired) electrons. The maximum absolute atomic E-state index is 12.9. The van der Waals surface area contributed by atoms with E-state index in [1.165, 1.54) is 5.56 Å². The van der Waals surface area contributed by atoms with Crippen molar-refractivity contribution < 1.29 is 9.53 Å². The minimum atomic E-state index is 0.214. The van der Waals surface area contributed by atoms with Crippen LogP contribution in [0.2, 0.25) is 0 Å². The summed E-state index contributed by atoms with van der Waals surface area (Å²) in [5, 5.41) is 3.38. The molecule has 1 amide bonds. The van der Waals surface area contributed by atoms with Gasteiger partial charge in [-0.1, -0.05) is 12.1 Å². The highest BCUT2D eigenvalue weighted by atomic mass is 16.5. The first kappa shape index (κ1) is 17.2. The highest BCUT2D eigenvalue weighted by molar-refractivity contribution is 5.79. The van der Waals surface area contributed by atoms with Crippen molar-refractivity contribution in [2.24, 2.45) is 0 Å². The summed E-state index contributed by atoms with van der Waals surface area (Å²) in [6, 6.07) is 8.88. The van der Waals surface area contributed by atoms with Crippen molar-refractivity contribution in [3.63, 3.8) is 0 Å². The Labute approximate surface area is 145 Å². The molecule has 2 fully saturated rings. The number of benzene rings is 1. The van der Waals surface area contributed by atoms with Gasteiger partial charge in [0.1, 0.15) is 5.75 Å². The zero-order chi connectivity index (χ0) is 16.9. The molecule has 0 bridgehead atoms. The number of nitrogens with zero attached hydrogens (tertiary/aromatic N) is 2. The molecule has 3 rings (SSSR count). The van der Waals surface area contributed by atoms with Crippen LogP contribution in [0, 0.1) is 0 Å². The Hall–Kier alpha value is -1.59. The van der Waals surface area contributed by atoms with Crippen molar-refractivity contribution in [2.45, 2.75) is 38.8 Å². The first-order valence-electron chi connectivity index (χ1n) is 9.16. The maximum Gasteiger partial charge on any atom is 0.237 e. The number of carbonyl (C=O) groups excluding carboxylic acids is 1. The highest BCUT2D eigenvalue weighted by Crippen LogP contribution is 2.33. The van der Waals surface area contributed by atoms with Crippen LogP contribution in [0.5, 0.6) is 5.75 Å². The molecule has 1 aromatic rings. The minimum Gasteiger partial charge on any atom is -0.494 e. The van der Waals surface area contributed by atoms with E-state index < -0.39 is 0 Å². The number of hydrogen-bond acceptors (Lipinski definition) is 4. The van der Waals surface area contributed by atoms with Gasteiger partial charge in [-0.2, -0.15) is 0 Å². The lowest BCUT2D eigenvalue weighted by atomic mass is 10.0. The van der Waals surface area contributed by atoms with Gasteiger partial charge in [-0.15, -0.1) is 0 Å². The highest BCUT2D eigenvalue weighted by Gasteiger charge is 2.31. The van der Waals surface area contributed by atoms with Crippen molar-refractivity contribution in [1.82, 2.24) is 15.1 Å². The van der Waals surface area contributed by atoms with Gasteiger partial charge >= 0.3 is 0 Å². The zero-order valence-electron chi connectivity index (χ0n) is 14.8. The summed E-state index contributed by atoms with van der Waals surface area (Å²) in [6.07, 6.45) is 2.14. The van der Waals surface area contributed by atoms with Gasteiger partial charge in [0.05, 0.1) is 19.2 Å². The fourth-order valence-electron chi connectivity index (χ4n) is 3.75. The van der Waals surface area contributed by atoms with Crippen molar-refractivity contribution in [1.29, 1.82) is 0 Å². The van der Waals surface area contributed by atoms with Crippen molar-refractivity contribution in [3.8, 4) is 5.75 Å². The SMILES string of the molecule is CCOc1ccc(C2CCCN2C(=O)CN2CCNC[C@@H]2C)cc1. The molecule has 0 aromatic heterocycles. The van der Waals surface area contributed by atoms with Crippen molar-refractivity contribution >= 4 is 5.91 Å². The molecule has 0 saturated carbocycles. The predicted molar refractivity (Wildman–Crippen MR) is 95.2 cm³/mol. The van der Waals surface area contributed by atoms with Crippen LogP contribution in [0.3, 0.4) is 0 Å². The van der Waals surface area contributed by atoms with E-state index >= 15 is 0 Å². The monoisotopic (exact) mass is 331 g/mol. The number of nitrogens with one attached hydrogen (secondary N) is 1. The molecule has 0 aliphatic carbocycles. The van der Waals surface area contributed by atoms with Crippen LogP contribution < -0.4 is 10.1 Å². The molecular weight excluding hydrogens is 302 g/mol. The van der Waals surface area contributed by atoms with E-state index in [4.69, 9.17) is 4.74 Å². The largest absolute Gasteiger partial charge is 0.494 e. The van der Waals surface area contributed by atoms with Gasteiger partial charge in [-0.05, 0) is 44.4 Å². The number of likely N-dealkylation sites (tertiary alicyclic amines) is 1. The van der Waals surface area contributed by atoms with Crippen LogP contribution in [0.1, 0.15) is 38.3 Å². The Balaban J connectivity index is 1.64. The number of amides is 1. The molecule has 1 N–H and O–H groups in total. The van der Waals surface area contributed by atoms with Crippen LogP contribution >= 0.6 is 0 Å². The lowest BCUT2D eigenvalue weighted by Gasteiger charge is -2.35. The summed E-state index contributed by atoms with van der Waals surface area (Å²) in [5.74, 6) is 1.16. The second-order valence-electron chi connectivity index (χ2n) is 6.77. The summed E-state index contributed by atoms with van der Waals surface area (Å²) in [5.41, 5.74) is 1.22. The molecular formula is C19H29N3O2. The average Bonchev–Trinajstić information content (AvgIpc) is 3.08. The van der Waals surface area contributed by atoms with E-state index in [0.717, 1.165) is 44.8 Å². The minimum absolute atomic E-state index is 0.214. The van der Waals surface area contributed by atoms with E-state index in [1.54, 1.807) is 0 Å². The predicted octanol–water partition coefficient (Wildman–Crippen LogP) is 2.04. The van der Waals surface area contributed by atoms with E-state index in [0.29, 0.717) is 19.2 Å². The molecule has 2 aliphatic heterocycles. The third-order valence-electron chi connectivity index (χ3n) is 5.13. The summed E-state index contributed by atoms with van der Waals surface area (Å²) >= 11 is 0. The van der Waals surface area contributed by atoms with Crippen LogP contribution in [-0.2, 0) is 4.79 Å². The van der Waals surface area contributed by atoms with Crippen molar-refractivity contribution in [2.75, 3.05) is 39.3 Å². The molecule has 2 saturated heterocycles. The van der Waals surface area contributed by atoms with Gasteiger partial charge in [-0.25, -0.2) is 0 Å². The Kier molecular flexibility index (Phi) is 5.74. The van der Waals surface area contributed by atoms with Crippen LogP contribution in [-0.4, -0.2) is 61.1 Å². The van der Waals surface area contributed by atoms with Crippen molar-refractivity contribution in [3.05, 3.63) is 29.8 Å². The Morgan fingerprint density at radius 3 is 2.79 bits per heavy atom. The first-order chi connectivity index (χ1) is 11.7. The van der Waals surface area contributed by atoms with Gasteiger partial charge in [-0.3, -0.25) is 9.69 Å². The van der Waals surface area contributed by atoms with Gasteiger partial charge in [0.15, 0.2) is 0 Å². The van der Waals surface area contributed by atoms with E-state index in [-0.39, 0.29) is 11.9 Å². The third-order valence-corrected chi connectivity index (χ3v) is 5.13. The summed E-state index contributed by atoms with van der Waals surface area (Å²) in [6.45, 7) is 9.16. The molecule has 5 nitrogen and oxygen atoms in total. The number of ether oxygens (including phenoxy) is 1. The summed E-state index contributed by atoms with van der Waals surface area (Å²) in [4.78, 5) is 17.2. The van der Waals surface area contributed by atoms with Crippen LogP contribution in [0.15, 0.2) is 24.3 Å². The molecule has 2 atom stereocenters. The van der Waals surface area contributed by atoms with Gasteiger partial charge < -0.3 is 15.0 Å². The fourth-order valence-corrected chi connectivity index (χ4v) is 3.75. The van der Waals surface area contributed by atoms with E-state index in [1.807, 2.05) is 19.1 Å².